The molecule has 1 fully saturated rings. The Hall–Kier alpha value is -3.79. The van der Waals surface area contributed by atoms with E-state index in [1.807, 2.05) is 52.0 Å². The number of nitrogens with zero attached hydrogens (tertiary/aromatic N) is 6. The van der Waals surface area contributed by atoms with Crippen LogP contribution >= 0.6 is 0 Å². The molecule has 0 aliphatic carbocycles. The Morgan fingerprint density at radius 2 is 1.89 bits per heavy atom. The number of piperazine rings is 1. The van der Waals surface area contributed by atoms with Crippen LogP contribution in [0.25, 0.3) is 10.9 Å². The summed E-state index contributed by atoms with van der Waals surface area (Å²) in [7, 11) is 0. The number of nitrogens with one attached hydrogen (secondary N) is 1. The Kier molecular flexibility index (Phi) is 5.76. The van der Waals surface area contributed by atoms with Gasteiger partial charge in [0.2, 0.25) is 0 Å². The van der Waals surface area contributed by atoms with Crippen molar-refractivity contribution in [3.8, 4) is 0 Å². The van der Waals surface area contributed by atoms with E-state index >= 15 is 0 Å². The van der Waals surface area contributed by atoms with Crippen molar-refractivity contribution >= 4 is 16.8 Å². The Morgan fingerprint density at radius 1 is 1.11 bits per heavy atom. The minimum atomic E-state index is -0.473. The highest BCUT2D eigenvalue weighted by atomic mass is 16.3. The van der Waals surface area contributed by atoms with E-state index in [1.165, 1.54) is 6.26 Å². The molecule has 1 aliphatic heterocycles. The molecular weight excluding hydrogens is 446 g/mol. The average molecular weight is 476 g/mol. The molecule has 1 unspecified atom stereocenters. The molecule has 10 heteroatoms. The Balaban J connectivity index is 1.54. The number of hydrogen-bond donors (Lipinski definition) is 1. The van der Waals surface area contributed by atoms with Gasteiger partial charge in [0.1, 0.15) is 6.04 Å². The summed E-state index contributed by atoms with van der Waals surface area (Å²) < 4.78 is 7.06. The van der Waals surface area contributed by atoms with Crippen molar-refractivity contribution in [3.05, 3.63) is 75.7 Å². The lowest BCUT2D eigenvalue weighted by atomic mass is 10.0. The third-order valence-corrected chi connectivity index (χ3v) is 6.40. The van der Waals surface area contributed by atoms with Crippen molar-refractivity contribution in [1.29, 1.82) is 0 Å². The van der Waals surface area contributed by atoms with Crippen molar-refractivity contribution in [3.63, 3.8) is 0 Å². The van der Waals surface area contributed by atoms with Crippen LogP contribution in [0.1, 0.15) is 54.3 Å². The van der Waals surface area contributed by atoms with Gasteiger partial charge in [0.05, 0.1) is 11.8 Å². The zero-order valence-electron chi connectivity index (χ0n) is 20.4. The van der Waals surface area contributed by atoms with Gasteiger partial charge in [-0.3, -0.25) is 14.5 Å². The number of pyridine rings is 1. The highest BCUT2D eigenvalue weighted by Gasteiger charge is 2.36. The second kappa shape index (κ2) is 8.77. The highest BCUT2D eigenvalue weighted by molar-refractivity contribution is 5.91. The second-order valence-corrected chi connectivity index (χ2v) is 9.97. The topological polar surface area (TPSA) is 113 Å². The standard InChI is InChI=1S/C25H29N7O3/c1-16-7-8-17-15-18(23(33)26-19(17)14-16)21(22-27-28-29-32(22)25(2,3)4)30-9-11-31(12-10-30)24(34)20-6-5-13-35-20/h5-8,13-15,21H,9-12H2,1-4H3,(H,26,33). The van der Waals surface area contributed by atoms with Gasteiger partial charge in [-0.25, -0.2) is 4.68 Å². The van der Waals surface area contributed by atoms with Crippen LogP contribution in [0.2, 0.25) is 0 Å². The number of aromatic nitrogens is 5. The van der Waals surface area contributed by atoms with Crippen LogP contribution in [0.3, 0.4) is 0 Å². The van der Waals surface area contributed by atoms with E-state index in [1.54, 1.807) is 21.7 Å². The molecule has 0 saturated carbocycles. The molecule has 1 atom stereocenters. The van der Waals surface area contributed by atoms with Crippen molar-refractivity contribution in [1.82, 2.24) is 35.0 Å². The maximum Gasteiger partial charge on any atom is 0.289 e. The van der Waals surface area contributed by atoms with Gasteiger partial charge in [-0.15, -0.1) is 5.10 Å². The van der Waals surface area contributed by atoms with Gasteiger partial charge >= 0.3 is 0 Å². The Morgan fingerprint density at radius 3 is 2.57 bits per heavy atom. The highest BCUT2D eigenvalue weighted by Crippen LogP contribution is 2.30. The molecule has 4 heterocycles. The molecule has 35 heavy (non-hydrogen) atoms. The maximum absolute atomic E-state index is 13.4. The monoisotopic (exact) mass is 475 g/mol. The number of fused-ring (bicyclic) bond motifs is 1. The molecule has 0 radical (unpaired) electrons. The fourth-order valence-corrected chi connectivity index (χ4v) is 4.62. The van der Waals surface area contributed by atoms with Crippen LogP contribution < -0.4 is 5.56 Å². The van der Waals surface area contributed by atoms with Crippen molar-refractivity contribution in [2.45, 2.75) is 39.3 Å². The molecule has 182 valence electrons. The number of H-pyrrole nitrogens is 1. The minimum absolute atomic E-state index is 0.135. The largest absolute Gasteiger partial charge is 0.459 e. The number of aryl methyl sites for hydroxylation is 1. The van der Waals surface area contributed by atoms with Crippen LogP contribution in [0, 0.1) is 6.92 Å². The Bertz CT molecular complexity index is 1410. The molecule has 4 aromatic rings. The SMILES string of the molecule is Cc1ccc2cc(C(c3nnnn3C(C)(C)C)N3CCN(C(=O)c4ccco4)CC3)c(=O)[nH]c2c1. The number of hydrogen-bond acceptors (Lipinski definition) is 7. The normalized spacial score (nSPS) is 16.1. The molecule has 10 nitrogen and oxygen atoms in total. The summed E-state index contributed by atoms with van der Waals surface area (Å²) in [6.07, 6.45) is 1.50. The predicted molar refractivity (Wildman–Crippen MR) is 130 cm³/mol. The fourth-order valence-electron chi connectivity index (χ4n) is 4.62. The number of aromatic amines is 1. The molecule has 1 aromatic carbocycles. The van der Waals surface area contributed by atoms with Crippen molar-refractivity contribution in [2.75, 3.05) is 26.2 Å². The lowest BCUT2D eigenvalue weighted by Gasteiger charge is -2.39. The van der Waals surface area contributed by atoms with Crippen LogP contribution in [-0.2, 0) is 5.54 Å². The van der Waals surface area contributed by atoms with Gasteiger partial charge in [0.25, 0.3) is 11.5 Å². The zero-order chi connectivity index (χ0) is 24.7. The van der Waals surface area contributed by atoms with Crippen LogP contribution in [0.4, 0.5) is 0 Å². The number of benzene rings is 1. The van der Waals surface area contributed by atoms with Crippen LogP contribution in [0.15, 0.2) is 51.9 Å². The summed E-state index contributed by atoms with van der Waals surface area (Å²) in [5.41, 5.74) is 1.89. The summed E-state index contributed by atoms with van der Waals surface area (Å²) in [5, 5.41) is 13.5. The molecule has 0 spiro atoms. The number of rotatable bonds is 4. The number of amides is 1. The summed E-state index contributed by atoms with van der Waals surface area (Å²) in [6.45, 7) is 10.2. The number of furan rings is 1. The molecule has 3 aromatic heterocycles. The first kappa shape index (κ1) is 23.0. The van der Waals surface area contributed by atoms with E-state index in [0.717, 1.165) is 16.5 Å². The quantitative estimate of drug-likeness (QED) is 0.483. The molecular formula is C25H29N7O3. The van der Waals surface area contributed by atoms with E-state index < -0.39 is 6.04 Å². The van der Waals surface area contributed by atoms with Gasteiger partial charge in [0.15, 0.2) is 11.6 Å². The summed E-state index contributed by atoms with van der Waals surface area (Å²) in [4.78, 5) is 33.1. The molecule has 1 amide bonds. The van der Waals surface area contributed by atoms with Gasteiger partial charge in [0, 0.05) is 37.3 Å². The number of tetrazole rings is 1. The molecule has 1 saturated heterocycles. The van der Waals surface area contributed by atoms with Gasteiger partial charge in [-0.1, -0.05) is 12.1 Å². The molecule has 5 rings (SSSR count). The van der Waals surface area contributed by atoms with Crippen molar-refractivity contribution < 1.29 is 9.21 Å². The van der Waals surface area contributed by atoms with Gasteiger partial charge in [-0.2, -0.15) is 0 Å². The maximum atomic E-state index is 13.4. The minimum Gasteiger partial charge on any atom is -0.459 e. The van der Waals surface area contributed by atoms with Gasteiger partial charge < -0.3 is 14.3 Å². The van der Waals surface area contributed by atoms with E-state index in [-0.39, 0.29) is 17.0 Å². The third kappa shape index (κ3) is 4.37. The predicted octanol–water partition coefficient (Wildman–Crippen LogP) is 2.72. The first-order valence-electron chi connectivity index (χ1n) is 11.7. The fraction of sp³-hybridized carbons (Fsp3) is 0.400. The second-order valence-electron chi connectivity index (χ2n) is 9.97. The number of carbonyl (C=O) groups excluding carboxylic acids is 1. The first-order valence-corrected chi connectivity index (χ1v) is 11.7. The molecule has 1 aliphatic rings. The van der Waals surface area contributed by atoms with Gasteiger partial charge in [-0.05, 0) is 73.3 Å². The zero-order valence-corrected chi connectivity index (χ0v) is 20.4. The van der Waals surface area contributed by atoms with E-state index in [2.05, 4.69) is 25.4 Å². The third-order valence-electron chi connectivity index (χ3n) is 6.40. The van der Waals surface area contributed by atoms with E-state index in [4.69, 9.17) is 4.42 Å². The smallest absolute Gasteiger partial charge is 0.289 e. The van der Waals surface area contributed by atoms with Crippen LogP contribution in [0.5, 0.6) is 0 Å². The first-order chi connectivity index (χ1) is 16.7. The average Bonchev–Trinajstić information content (AvgIpc) is 3.52. The summed E-state index contributed by atoms with van der Waals surface area (Å²) >= 11 is 0. The van der Waals surface area contributed by atoms with E-state index in [0.29, 0.717) is 43.3 Å². The van der Waals surface area contributed by atoms with E-state index in [9.17, 15) is 9.59 Å². The molecule has 1 N–H and O–H groups in total. The van der Waals surface area contributed by atoms with Crippen molar-refractivity contribution in [2.24, 2.45) is 0 Å². The number of carbonyl (C=O) groups is 1. The lowest BCUT2D eigenvalue weighted by Crippen LogP contribution is -2.51. The molecule has 0 bridgehead atoms. The summed E-state index contributed by atoms with van der Waals surface area (Å²) in [6, 6.07) is 10.8. The Labute approximate surface area is 202 Å². The van der Waals surface area contributed by atoms with Crippen LogP contribution in [-0.4, -0.2) is 67.1 Å². The summed E-state index contributed by atoms with van der Waals surface area (Å²) in [5.74, 6) is 0.790. The lowest BCUT2D eigenvalue weighted by molar-refractivity contribution is 0.0555.